The van der Waals surface area contributed by atoms with Gasteiger partial charge in [-0.3, -0.25) is 14.3 Å². The number of fused-ring (bicyclic) bond motifs is 2. The van der Waals surface area contributed by atoms with E-state index in [4.69, 9.17) is 9.47 Å². The van der Waals surface area contributed by atoms with E-state index in [-0.39, 0.29) is 36.0 Å². The fraction of sp³-hybridized carbons (Fsp3) is 0.436. The van der Waals surface area contributed by atoms with Crippen molar-refractivity contribution in [1.82, 2.24) is 15.0 Å². The van der Waals surface area contributed by atoms with Gasteiger partial charge in [0.15, 0.2) is 5.60 Å². The Hall–Kier alpha value is -4.32. The summed E-state index contributed by atoms with van der Waals surface area (Å²) in [6.07, 6.45) is 5.09. The third kappa shape index (κ3) is 5.94. The molecule has 2 fully saturated rings. The van der Waals surface area contributed by atoms with Crippen molar-refractivity contribution in [3.8, 4) is 5.75 Å². The smallest absolute Gasteiger partial charge is 0.264 e. The standard InChI is InChI=1S/C39H47N5O5Si/c1-27-37(50(3,4)32-16-14-31(48-2)15-17-32)35(19-22-42-26-29(20-23-45)40-41-42)49-39(27)33-24-30(43-21-9-8-12-36(43)46)13-18-34(33)44(38(39)47)25-28-10-6-5-7-11-28/h5-7,10-11,13-18,24,26-27,35,37,45H,8-9,12,19-23,25H2,1-4H3/t27-,35+,37-,39+/m0/s1. The van der Waals surface area contributed by atoms with Crippen LogP contribution in [0.4, 0.5) is 11.4 Å². The van der Waals surface area contributed by atoms with Crippen molar-refractivity contribution in [2.45, 2.75) is 82.5 Å². The molecule has 11 heteroatoms. The number of aliphatic hydroxyl groups excluding tert-OH is 1. The number of aliphatic hydroxyl groups is 1. The number of rotatable bonds is 11. The number of piperidine rings is 1. The fourth-order valence-corrected chi connectivity index (χ4v) is 12.7. The van der Waals surface area contributed by atoms with Gasteiger partial charge in [-0.05, 0) is 60.7 Å². The summed E-state index contributed by atoms with van der Waals surface area (Å²) in [5, 5.41) is 19.3. The summed E-state index contributed by atoms with van der Waals surface area (Å²) in [4.78, 5) is 32.1. The molecule has 0 radical (unpaired) electrons. The normalized spacial score (nSPS) is 23.6. The summed E-state index contributed by atoms with van der Waals surface area (Å²) >= 11 is 0. The minimum Gasteiger partial charge on any atom is -0.497 e. The third-order valence-corrected chi connectivity index (χ3v) is 15.6. The molecule has 50 heavy (non-hydrogen) atoms. The molecule has 3 aliphatic heterocycles. The molecule has 2 amide bonds. The lowest BCUT2D eigenvalue weighted by molar-refractivity contribution is -0.146. The van der Waals surface area contributed by atoms with Crippen molar-refractivity contribution in [2.75, 3.05) is 30.1 Å². The van der Waals surface area contributed by atoms with Gasteiger partial charge in [-0.25, -0.2) is 0 Å². The summed E-state index contributed by atoms with van der Waals surface area (Å²) in [7, 11) is -0.668. The number of benzene rings is 3. The molecule has 262 valence electrons. The molecule has 3 aromatic carbocycles. The lowest BCUT2D eigenvalue weighted by Crippen LogP contribution is -2.51. The van der Waals surface area contributed by atoms with Crippen LogP contribution >= 0.6 is 0 Å². The number of aryl methyl sites for hydroxylation is 1. The van der Waals surface area contributed by atoms with Crippen LogP contribution in [0.5, 0.6) is 5.75 Å². The van der Waals surface area contributed by atoms with E-state index in [0.29, 0.717) is 38.9 Å². The van der Waals surface area contributed by atoms with Crippen LogP contribution in [0.3, 0.4) is 0 Å². The predicted molar refractivity (Wildman–Crippen MR) is 195 cm³/mol. The van der Waals surface area contributed by atoms with Crippen LogP contribution in [0.15, 0.2) is 79.0 Å². The van der Waals surface area contributed by atoms with Gasteiger partial charge in [0.25, 0.3) is 5.91 Å². The molecule has 4 aromatic rings. The fourth-order valence-electron chi connectivity index (χ4n) is 8.68. The molecule has 4 atom stereocenters. The molecule has 0 bridgehead atoms. The molecule has 3 aliphatic rings. The Morgan fingerprint density at radius 2 is 1.82 bits per heavy atom. The van der Waals surface area contributed by atoms with Gasteiger partial charge in [0.1, 0.15) is 5.75 Å². The van der Waals surface area contributed by atoms with Crippen LogP contribution in [0.1, 0.15) is 49.4 Å². The topological polar surface area (TPSA) is 110 Å². The third-order valence-electron chi connectivity index (χ3n) is 11.2. The quantitative estimate of drug-likeness (QED) is 0.216. The summed E-state index contributed by atoms with van der Waals surface area (Å²) in [5.41, 5.74) is 3.12. The zero-order valence-corrected chi connectivity index (χ0v) is 30.4. The van der Waals surface area contributed by atoms with E-state index in [0.717, 1.165) is 46.8 Å². The first-order valence-corrected chi connectivity index (χ1v) is 20.9. The van der Waals surface area contributed by atoms with Crippen molar-refractivity contribution in [2.24, 2.45) is 5.92 Å². The number of hydrogen-bond donors (Lipinski definition) is 1. The molecule has 7 rings (SSSR count). The van der Waals surface area contributed by atoms with Gasteiger partial charge in [-0.15, -0.1) is 5.10 Å². The second kappa shape index (κ2) is 13.8. The number of hydrogen-bond acceptors (Lipinski definition) is 7. The van der Waals surface area contributed by atoms with Gasteiger partial charge in [0.05, 0.1) is 39.2 Å². The van der Waals surface area contributed by atoms with E-state index in [1.165, 1.54) is 5.19 Å². The number of methoxy groups -OCH3 is 1. The van der Waals surface area contributed by atoms with E-state index in [2.05, 4.69) is 48.5 Å². The van der Waals surface area contributed by atoms with Crippen LogP contribution in [0.2, 0.25) is 18.6 Å². The molecule has 1 N–H and O–H groups in total. The average molecular weight is 694 g/mol. The minimum absolute atomic E-state index is 0.0141. The SMILES string of the molecule is COc1ccc([Si](C)(C)[C@@H]2[C@@H](CCn3cc(CCO)nn3)O[C@]3(C(=O)N(Cc4ccccc4)c4ccc(N5CCCCC5=O)cc43)[C@H]2C)cc1. The highest BCUT2D eigenvalue weighted by Gasteiger charge is 2.66. The molecule has 10 nitrogen and oxygen atoms in total. The van der Waals surface area contributed by atoms with Crippen LogP contribution in [-0.2, 0) is 39.4 Å². The molecule has 1 spiro atoms. The largest absolute Gasteiger partial charge is 0.497 e. The molecule has 2 saturated heterocycles. The number of nitrogens with zero attached hydrogens (tertiary/aromatic N) is 5. The van der Waals surface area contributed by atoms with Crippen molar-refractivity contribution >= 4 is 36.4 Å². The van der Waals surface area contributed by atoms with Gasteiger partial charge in [-0.2, -0.15) is 0 Å². The van der Waals surface area contributed by atoms with Crippen molar-refractivity contribution in [3.05, 3.63) is 95.8 Å². The van der Waals surface area contributed by atoms with Crippen molar-refractivity contribution in [3.63, 3.8) is 0 Å². The Labute approximate surface area is 295 Å². The average Bonchev–Trinajstić information content (AvgIpc) is 3.78. The van der Waals surface area contributed by atoms with E-state index in [1.54, 1.807) is 7.11 Å². The van der Waals surface area contributed by atoms with Gasteiger partial charge >= 0.3 is 0 Å². The van der Waals surface area contributed by atoms with Crippen LogP contribution in [0.25, 0.3) is 0 Å². The molecular formula is C39H47N5O5Si. The highest BCUT2D eigenvalue weighted by atomic mass is 28.3. The Morgan fingerprint density at radius 1 is 1.04 bits per heavy atom. The first-order chi connectivity index (χ1) is 24.2. The molecule has 4 heterocycles. The maximum atomic E-state index is 15.2. The summed E-state index contributed by atoms with van der Waals surface area (Å²) in [6, 6.07) is 24.5. The van der Waals surface area contributed by atoms with Gasteiger partial charge in [0, 0.05) is 55.9 Å². The van der Waals surface area contributed by atoms with E-state index >= 15 is 4.79 Å². The first kappa shape index (κ1) is 34.1. The van der Waals surface area contributed by atoms with E-state index in [1.807, 2.05) is 75.3 Å². The van der Waals surface area contributed by atoms with E-state index in [9.17, 15) is 9.90 Å². The lowest BCUT2D eigenvalue weighted by Gasteiger charge is -2.37. The van der Waals surface area contributed by atoms with Gasteiger partial charge < -0.3 is 24.4 Å². The van der Waals surface area contributed by atoms with Crippen LogP contribution < -0.4 is 19.7 Å². The molecule has 1 aromatic heterocycles. The summed E-state index contributed by atoms with van der Waals surface area (Å²) < 4.78 is 14.7. The number of anilines is 2. The zero-order valence-electron chi connectivity index (χ0n) is 29.4. The van der Waals surface area contributed by atoms with Crippen LogP contribution in [-0.4, -0.2) is 66.4 Å². The maximum absolute atomic E-state index is 15.2. The zero-order chi connectivity index (χ0) is 35.0. The molecule has 0 unspecified atom stereocenters. The second-order valence-corrected chi connectivity index (χ2v) is 19.2. The number of amides is 2. The monoisotopic (exact) mass is 693 g/mol. The van der Waals surface area contributed by atoms with Crippen molar-refractivity contribution < 1.29 is 24.2 Å². The van der Waals surface area contributed by atoms with Crippen LogP contribution in [0, 0.1) is 5.92 Å². The Kier molecular flexibility index (Phi) is 9.40. The second-order valence-electron chi connectivity index (χ2n) is 14.5. The van der Waals surface area contributed by atoms with Gasteiger partial charge in [-0.1, -0.05) is 72.9 Å². The van der Waals surface area contributed by atoms with E-state index < -0.39 is 13.7 Å². The number of carbonyl (C=O) groups is 2. The molecule has 0 aliphatic carbocycles. The Morgan fingerprint density at radius 3 is 2.54 bits per heavy atom. The summed E-state index contributed by atoms with van der Waals surface area (Å²) in [5.74, 6) is 0.706. The Balaban J connectivity index is 1.33. The lowest BCUT2D eigenvalue weighted by atomic mass is 9.82. The summed E-state index contributed by atoms with van der Waals surface area (Å²) in [6.45, 7) is 8.63. The molecular weight excluding hydrogens is 647 g/mol. The number of carbonyl (C=O) groups excluding carboxylic acids is 2. The molecule has 0 saturated carbocycles. The number of ether oxygens (including phenoxy) is 2. The highest BCUT2D eigenvalue weighted by Crippen LogP contribution is 2.60. The minimum atomic E-state index is -2.35. The Bertz CT molecular complexity index is 1850. The highest BCUT2D eigenvalue weighted by molar-refractivity contribution is 6.91. The number of aromatic nitrogens is 3. The van der Waals surface area contributed by atoms with Gasteiger partial charge in [0.2, 0.25) is 5.91 Å². The van der Waals surface area contributed by atoms with Crippen molar-refractivity contribution in [1.29, 1.82) is 0 Å². The predicted octanol–water partition coefficient (Wildman–Crippen LogP) is 5.19. The maximum Gasteiger partial charge on any atom is 0.264 e. The first-order valence-electron chi connectivity index (χ1n) is 17.8.